The van der Waals surface area contributed by atoms with Gasteiger partial charge < -0.3 is 9.80 Å². The summed E-state index contributed by atoms with van der Waals surface area (Å²) in [5, 5.41) is 3.47. The maximum Gasteiger partial charge on any atom is 0.240 e. The minimum absolute atomic E-state index is 0.0284. The molecule has 4 nitrogen and oxygen atoms in total. The van der Waals surface area contributed by atoms with Crippen molar-refractivity contribution in [3.05, 3.63) is 0 Å². The van der Waals surface area contributed by atoms with Crippen molar-refractivity contribution in [2.45, 2.75) is 70.6 Å². The summed E-state index contributed by atoms with van der Waals surface area (Å²) in [6.07, 6.45) is 6.27. The lowest BCUT2D eigenvalue weighted by molar-refractivity contribution is -0.131. The molecule has 2 aliphatic rings. The molecular formula is C16H31N3O. The molecule has 1 saturated carbocycles. The molecule has 20 heavy (non-hydrogen) atoms. The molecule has 2 atom stereocenters. The van der Waals surface area contributed by atoms with Crippen LogP contribution in [-0.2, 0) is 4.79 Å². The van der Waals surface area contributed by atoms with Crippen LogP contribution in [0.1, 0.15) is 52.9 Å². The molecule has 0 aromatic heterocycles. The number of carbonyl (C=O) groups is 1. The van der Waals surface area contributed by atoms with Gasteiger partial charge in [0.2, 0.25) is 5.91 Å². The van der Waals surface area contributed by atoms with E-state index in [4.69, 9.17) is 0 Å². The van der Waals surface area contributed by atoms with E-state index in [1.807, 2.05) is 6.92 Å². The first-order chi connectivity index (χ1) is 9.35. The fourth-order valence-corrected chi connectivity index (χ4v) is 3.78. The van der Waals surface area contributed by atoms with Crippen molar-refractivity contribution < 1.29 is 4.79 Å². The molecule has 116 valence electrons. The van der Waals surface area contributed by atoms with Gasteiger partial charge in [-0.1, -0.05) is 26.7 Å². The second-order valence-corrected chi connectivity index (χ2v) is 7.33. The van der Waals surface area contributed by atoms with Crippen molar-refractivity contribution in [2.75, 3.05) is 20.6 Å². The molecule has 2 fully saturated rings. The van der Waals surface area contributed by atoms with Gasteiger partial charge in [-0.05, 0) is 46.2 Å². The summed E-state index contributed by atoms with van der Waals surface area (Å²) in [5.74, 6) is 0.885. The van der Waals surface area contributed by atoms with Crippen LogP contribution in [0.5, 0.6) is 0 Å². The van der Waals surface area contributed by atoms with E-state index >= 15 is 0 Å². The number of carbonyl (C=O) groups excluding carboxylic acids is 1. The van der Waals surface area contributed by atoms with E-state index < -0.39 is 0 Å². The van der Waals surface area contributed by atoms with Gasteiger partial charge >= 0.3 is 0 Å². The van der Waals surface area contributed by atoms with Crippen LogP contribution < -0.4 is 5.32 Å². The van der Waals surface area contributed by atoms with Crippen molar-refractivity contribution in [3.8, 4) is 0 Å². The van der Waals surface area contributed by atoms with Crippen molar-refractivity contribution >= 4 is 5.91 Å². The minimum atomic E-state index is -0.0284. The molecule has 1 aliphatic carbocycles. The standard InChI is InChI=1S/C16H31N3O/c1-12(2)10-14-17-13(3)15(20)19(14)11-16(18(4)5)8-6-7-9-16/h12-14,17H,6-11H2,1-5H3. The molecule has 4 heteroatoms. The van der Waals surface area contributed by atoms with E-state index in [9.17, 15) is 4.79 Å². The molecule has 0 aromatic carbocycles. The predicted molar refractivity (Wildman–Crippen MR) is 82.4 cm³/mol. The smallest absolute Gasteiger partial charge is 0.240 e. The van der Waals surface area contributed by atoms with Gasteiger partial charge in [0.25, 0.3) is 0 Å². The highest BCUT2D eigenvalue weighted by Crippen LogP contribution is 2.36. The maximum absolute atomic E-state index is 12.5. The number of amides is 1. The zero-order chi connectivity index (χ0) is 14.9. The van der Waals surface area contributed by atoms with E-state index in [0.29, 0.717) is 5.92 Å². The van der Waals surface area contributed by atoms with Gasteiger partial charge in [0, 0.05) is 12.1 Å². The molecule has 1 N–H and O–H groups in total. The number of hydrogen-bond acceptors (Lipinski definition) is 3. The lowest BCUT2D eigenvalue weighted by Crippen LogP contribution is -2.54. The predicted octanol–water partition coefficient (Wildman–Crippen LogP) is 2.05. The quantitative estimate of drug-likeness (QED) is 0.838. The normalized spacial score (nSPS) is 29.9. The highest BCUT2D eigenvalue weighted by atomic mass is 16.2. The molecule has 1 aliphatic heterocycles. The monoisotopic (exact) mass is 281 g/mol. The minimum Gasteiger partial charge on any atom is -0.324 e. The van der Waals surface area contributed by atoms with Gasteiger partial charge in [-0.2, -0.15) is 0 Å². The lowest BCUT2D eigenvalue weighted by atomic mass is 9.94. The Hall–Kier alpha value is -0.610. The van der Waals surface area contributed by atoms with Gasteiger partial charge in [0.1, 0.15) is 0 Å². The fourth-order valence-electron chi connectivity index (χ4n) is 3.78. The Morgan fingerprint density at radius 2 is 1.95 bits per heavy atom. The molecule has 2 rings (SSSR count). The lowest BCUT2D eigenvalue weighted by Gasteiger charge is -2.41. The molecule has 0 bridgehead atoms. The second-order valence-electron chi connectivity index (χ2n) is 7.33. The molecule has 0 spiro atoms. The van der Waals surface area contributed by atoms with Crippen LogP contribution in [-0.4, -0.2) is 54.1 Å². The maximum atomic E-state index is 12.5. The van der Waals surface area contributed by atoms with Crippen LogP contribution in [0, 0.1) is 5.92 Å². The fraction of sp³-hybridized carbons (Fsp3) is 0.938. The molecule has 1 saturated heterocycles. The average molecular weight is 281 g/mol. The van der Waals surface area contributed by atoms with E-state index in [1.165, 1.54) is 25.7 Å². The largest absolute Gasteiger partial charge is 0.324 e. The van der Waals surface area contributed by atoms with E-state index in [1.54, 1.807) is 0 Å². The van der Waals surface area contributed by atoms with Crippen LogP contribution >= 0.6 is 0 Å². The van der Waals surface area contributed by atoms with Gasteiger partial charge in [-0.15, -0.1) is 0 Å². The van der Waals surface area contributed by atoms with Gasteiger partial charge in [-0.25, -0.2) is 0 Å². The van der Waals surface area contributed by atoms with Crippen LogP contribution in [0.4, 0.5) is 0 Å². The Labute approximate surface area is 123 Å². The number of rotatable bonds is 5. The Kier molecular flexibility index (Phi) is 4.75. The summed E-state index contributed by atoms with van der Waals surface area (Å²) in [6, 6.07) is -0.0284. The Bertz CT molecular complexity index is 348. The van der Waals surface area contributed by atoms with Gasteiger partial charge in [-0.3, -0.25) is 10.1 Å². The van der Waals surface area contributed by atoms with Gasteiger partial charge in [0.05, 0.1) is 12.2 Å². The zero-order valence-electron chi connectivity index (χ0n) is 13.8. The molecule has 1 amide bonds. The van der Waals surface area contributed by atoms with Crippen molar-refractivity contribution in [3.63, 3.8) is 0 Å². The SMILES string of the molecule is CC(C)CC1NC(C)C(=O)N1CC1(N(C)C)CCCC1. The van der Waals surface area contributed by atoms with Crippen molar-refractivity contribution in [1.29, 1.82) is 0 Å². The molecule has 0 radical (unpaired) electrons. The summed E-state index contributed by atoms with van der Waals surface area (Å²) in [7, 11) is 4.33. The molecule has 2 unspecified atom stereocenters. The van der Waals surface area contributed by atoms with Crippen LogP contribution in [0.25, 0.3) is 0 Å². The summed E-state index contributed by atoms with van der Waals surface area (Å²) in [6.45, 7) is 7.33. The Balaban J connectivity index is 2.13. The Morgan fingerprint density at radius 3 is 2.45 bits per heavy atom. The number of hydrogen-bond donors (Lipinski definition) is 1. The summed E-state index contributed by atoms with van der Waals surface area (Å²) >= 11 is 0. The van der Waals surface area contributed by atoms with E-state index in [2.05, 4.69) is 43.1 Å². The third-order valence-electron chi connectivity index (χ3n) is 5.11. The molecular weight excluding hydrogens is 250 g/mol. The average Bonchev–Trinajstić information content (AvgIpc) is 2.91. The highest BCUT2D eigenvalue weighted by Gasteiger charge is 2.44. The molecule has 0 aromatic rings. The highest BCUT2D eigenvalue weighted by molar-refractivity contribution is 5.84. The third kappa shape index (κ3) is 3.01. The topological polar surface area (TPSA) is 35.6 Å². The number of nitrogens with one attached hydrogen (secondary N) is 1. The third-order valence-corrected chi connectivity index (χ3v) is 5.11. The summed E-state index contributed by atoms with van der Waals surface area (Å²) < 4.78 is 0. The van der Waals surface area contributed by atoms with E-state index in [0.717, 1.165) is 13.0 Å². The number of nitrogens with zero attached hydrogens (tertiary/aromatic N) is 2. The van der Waals surface area contributed by atoms with E-state index in [-0.39, 0.29) is 23.7 Å². The zero-order valence-corrected chi connectivity index (χ0v) is 13.8. The first kappa shape index (κ1) is 15.8. The van der Waals surface area contributed by atoms with Crippen LogP contribution in [0.15, 0.2) is 0 Å². The summed E-state index contributed by atoms with van der Waals surface area (Å²) in [5.41, 5.74) is 0.191. The number of likely N-dealkylation sites (N-methyl/N-ethyl adjacent to an activating group) is 1. The van der Waals surface area contributed by atoms with Crippen molar-refractivity contribution in [1.82, 2.24) is 15.1 Å². The first-order valence-electron chi connectivity index (χ1n) is 8.10. The first-order valence-corrected chi connectivity index (χ1v) is 8.10. The second kappa shape index (κ2) is 6.02. The molecule has 1 heterocycles. The Morgan fingerprint density at radius 1 is 1.35 bits per heavy atom. The van der Waals surface area contributed by atoms with Crippen LogP contribution in [0.3, 0.4) is 0 Å². The van der Waals surface area contributed by atoms with Crippen molar-refractivity contribution in [2.24, 2.45) is 5.92 Å². The van der Waals surface area contributed by atoms with Crippen LogP contribution in [0.2, 0.25) is 0 Å². The van der Waals surface area contributed by atoms with Gasteiger partial charge in [0.15, 0.2) is 0 Å². The summed E-state index contributed by atoms with van der Waals surface area (Å²) in [4.78, 5) is 17.0.